The quantitative estimate of drug-likeness (QED) is 0.376. The minimum atomic E-state index is -4.90. The van der Waals surface area contributed by atoms with Gasteiger partial charge in [0.2, 0.25) is 0 Å². The van der Waals surface area contributed by atoms with Gasteiger partial charge < -0.3 is 35.6 Å². The number of amides is 1. The number of aliphatic hydroxyl groups is 5. The lowest BCUT2D eigenvalue weighted by molar-refractivity contribution is -0.250. The van der Waals surface area contributed by atoms with Crippen molar-refractivity contribution in [1.29, 1.82) is 0 Å². The molecular formula is C22H24F3NO7. The Morgan fingerprint density at radius 1 is 1.06 bits per heavy atom. The van der Waals surface area contributed by atoms with Crippen molar-refractivity contribution >= 4 is 5.91 Å². The number of halogens is 3. The molecule has 2 aromatic rings. The van der Waals surface area contributed by atoms with E-state index in [0.717, 1.165) is 12.1 Å². The van der Waals surface area contributed by atoms with Gasteiger partial charge in [-0.1, -0.05) is 24.3 Å². The zero-order chi connectivity index (χ0) is 24.5. The highest BCUT2D eigenvalue weighted by molar-refractivity contribution is 5.95. The van der Waals surface area contributed by atoms with Crippen LogP contribution < -0.4 is 5.32 Å². The fraction of sp³-hybridized carbons (Fsp3) is 0.409. The molecule has 1 aliphatic rings. The van der Waals surface area contributed by atoms with Gasteiger partial charge in [-0.3, -0.25) is 4.79 Å². The van der Waals surface area contributed by atoms with Crippen LogP contribution in [0.2, 0.25) is 0 Å². The van der Waals surface area contributed by atoms with Crippen LogP contribution in [0, 0.1) is 0 Å². The highest BCUT2D eigenvalue weighted by Gasteiger charge is 2.48. The molecule has 8 nitrogen and oxygen atoms in total. The van der Waals surface area contributed by atoms with Gasteiger partial charge >= 0.3 is 6.18 Å². The Morgan fingerprint density at radius 2 is 1.73 bits per heavy atom. The van der Waals surface area contributed by atoms with E-state index in [1.54, 1.807) is 0 Å². The molecule has 6 N–H and O–H groups in total. The van der Waals surface area contributed by atoms with Crippen molar-refractivity contribution < 1.29 is 48.2 Å². The van der Waals surface area contributed by atoms with Crippen LogP contribution in [0.3, 0.4) is 0 Å². The summed E-state index contributed by atoms with van der Waals surface area (Å²) < 4.78 is 46.9. The molecule has 3 rings (SSSR count). The zero-order valence-corrected chi connectivity index (χ0v) is 17.4. The molecule has 0 aromatic heterocycles. The van der Waals surface area contributed by atoms with E-state index >= 15 is 0 Å². The van der Waals surface area contributed by atoms with Crippen LogP contribution in [0.15, 0.2) is 42.5 Å². The van der Waals surface area contributed by atoms with E-state index in [-0.39, 0.29) is 11.1 Å². The van der Waals surface area contributed by atoms with Crippen molar-refractivity contribution in [1.82, 2.24) is 5.32 Å². The van der Waals surface area contributed by atoms with Crippen LogP contribution in [-0.2, 0) is 10.9 Å². The van der Waals surface area contributed by atoms with E-state index in [4.69, 9.17) is 4.74 Å². The Kier molecular flexibility index (Phi) is 7.42. The Hall–Kier alpha value is -2.54. The molecule has 1 fully saturated rings. The van der Waals surface area contributed by atoms with E-state index in [0.29, 0.717) is 5.56 Å². The molecule has 0 aliphatic carbocycles. The Bertz CT molecular complexity index is 998. The zero-order valence-electron chi connectivity index (χ0n) is 17.4. The van der Waals surface area contributed by atoms with Crippen LogP contribution >= 0.6 is 0 Å². The monoisotopic (exact) mass is 471 g/mol. The van der Waals surface area contributed by atoms with Gasteiger partial charge in [-0.2, -0.15) is 13.2 Å². The fourth-order valence-electron chi connectivity index (χ4n) is 3.79. The van der Waals surface area contributed by atoms with Crippen LogP contribution in [-0.4, -0.2) is 75.6 Å². The van der Waals surface area contributed by atoms with Crippen molar-refractivity contribution in [2.75, 3.05) is 13.7 Å². The SMILES string of the molecule is CNC(=O)c1cccc(-c2ccc([C@@H](O)[C@H]3OC(CO)[C@@H](O)[C@H](O)C3O)c(C(F)(F)F)c2)c1. The number of aliphatic hydroxyl groups excluding tert-OH is 5. The third-order valence-corrected chi connectivity index (χ3v) is 5.60. The topological polar surface area (TPSA) is 139 Å². The summed E-state index contributed by atoms with van der Waals surface area (Å²) in [5.74, 6) is -0.414. The molecule has 1 heterocycles. The number of rotatable bonds is 5. The molecule has 11 heteroatoms. The number of hydrogen-bond acceptors (Lipinski definition) is 7. The number of nitrogens with one attached hydrogen (secondary N) is 1. The number of carbonyl (C=O) groups is 1. The molecule has 1 aliphatic heterocycles. The summed E-state index contributed by atoms with van der Waals surface area (Å²) in [6, 6.07) is 9.08. The van der Waals surface area contributed by atoms with Crippen molar-refractivity contribution in [3.63, 3.8) is 0 Å². The third-order valence-electron chi connectivity index (χ3n) is 5.60. The van der Waals surface area contributed by atoms with Gasteiger partial charge in [0.05, 0.1) is 12.2 Å². The highest BCUT2D eigenvalue weighted by atomic mass is 19.4. The predicted molar refractivity (Wildman–Crippen MR) is 109 cm³/mol. The summed E-state index contributed by atoms with van der Waals surface area (Å²) >= 11 is 0. The van der Waals surface area contributed by atoms with Gasteiger partial charge in [0.15, 0.2) is 0 Å². The predicted octanol–water partition coefficient (Wildman–Crippen LogP) is 0.608. The largest absolute Gasteiger partial charge is 0.416 e. The summed E-state index contributed by atoms with van der Waals surface area (Å²) in [6.45, 7) is -0.791. The molecule has 1 amide bonds. The molecule has 0 radical (unpaired) electrons. The maximum Gasteiger partial charge on any atom is 0.416 e. The summed E-state index contributed by atoms with van der Waals surface area (Å²) in [6.07, 6.45) is -15.6. The van der Waals surface area contributed by atoms with Gasteiger partial charge in [0.25, 0.3) is 5.91 Å². The average Bonchev–Trinajstić information content (AvgIpc) is 2.81. The lowest BCUT2D eigenvalue weighted by Crippen LogP contribution is -2.60. The smallest absolute Gasteiger partial charge is 0.394 e. The molecule has 0 bridgehead atoms. The first kappa shape index (κ1) is 25.1. The maximum atomic E-state index is 13.9. The fourth-order valence-corrected chi connectivity index (χ4v) is 3.79. The second kappa shape index (κ2) is 9.75. The summed E-state index contributed by atoms with van der Waals surface area (Å²) in [5.41, 5.74) is -1.14. The lowest BCUT2D eigenvalue weighted by atomic mass is 9.87. The average molecular weight is 471 g/mol. The van der Waals surface area contributed by atoms with Crippen molar-refractivity contribution in [2.45, 2.75) is 42.8 Å². The number of benzene rings is 2. The summed E-state index contributed by atoms with van der Waals surface area (Å²) in [7, 11) is 1.42. The Morgan fingerprint density at radius 3 is 2.33 bits per heavy atom. The van der Waals surface area contributed by atoms with E-state index in [9.17, 15) is 43.5 Å². The van der Waals surface area contributed by atoms with Crippen LogP contribution in [0.4, 0.5) is 13.2 Å². The Balaban J connectivity index is 2.02. The van der Waals surface area contributed by atoms with E-state index < -0.39 is 66.4 Å². The molecule has 33 heavy (non-hydrogen) atoms. The third kappa shape index (κ3) is 5.03. The number of hydrogen-bond donors (Lipinski definition) is 6. The second-order valence-electron chi connectivity index (χ2n) is 7.70. The van der Waals surface area contributed by atoms with Crippen LogP contribution in [0.1, 0.15) is 27.6 Å². The van der Waals surface area contributed by atoms with Gasteiger partial charge in [0.1, 0.15) is 36.6 Å². The van der Waals surface area contributed by atoms with Crippen molar-refractivity contribution in [3.8, 4) is 11.1 Å². The standard InChI is InChI=1S/C22H24F3NO7/c1-26-21(32)12-4-2-3-10(7-12)11-5-6-13(14(8-11)22(23,24)25)16(28)20-19(31)18(30)17(29)15(9-27)33-20/h2-8,15-20,27-31H,9H2,1H3,(H,26,32)/t15?,16-,17-,18+,19?,20-/m1/s1. The first-order valence-electron chi connectivity index (χ1n) is 10.0. The minimum absolute atomic E-state index is 0.123. The summed E-state index contributed by atoms with van der Waals surface area (Å²) in [5, 5.41) is 52.4. The number of ether oxygens (including phenoxy) is 1. The molecule has 2 unspecified atom stereocenters. The molecule has 2 aromatic carbocycles. The van der Waals surface area contributed by atoms with E-state index in [1.165, 1.54) is 37.4 Å². The molecule has 1 saturated heterocycles. The first-order valence-corrected chi connectivity index (χ1v) is 10.0. The van der Waals surface area contributed by atoms with Gasteiger partial charge in [-0.25, -0.2) is 0 Å². The van der Waals surface area contributed by atoms with Crippen LogP contribution in [0.25, 0.3) is 11.1 Å². The van der Waals surface area contributed by atoms with Gasteiger partial charge in [-0.15, -0.1) is 0 Å². The minimum Gasteiger partial charge on any atom is -0.394 e. The molecule has 0 spiro atoms. The Labute approximate surface area is 186 Å². The highest BCUT2D eigenvalue weighted by Crippen LogP contribution is 2.40. The molecular weight excluding hydrogens is 447 g/mol. The first-order chi connectivity index (χ1) is 15.5. The normalized spacial score (nSPS) is 26.6. The van der Waals surface area contributed by atoms with Gasteiger partial charge in [-0.05, 0) is 34.9 Å². The number of carbonyl (C=O) groups excluding carboxylic acids is 1. The summed E-state index contributed by atoms with van der Waals surface area (Å²) in [4.78, 5) is 11.9. The second-order valence-corrected chi connectivity index (χ2v) is 7.70. The number of alkyl halides is 3. The van der Waals surface area contributed by atoms with Crippen LogP contribution in [0.5, 0.6) is 0 Å². The lowest BCUT2D eigenvalue weighted by Gasteiger charge is -2.42. The van der Waals surface area contributed by atoms with Crippen molar-refractivity contribution in [3.05, 3.63) is 59.2 Å². The molecule has 0 saturated carbocycles. The maximum absolute atomic E-state index is 13.9. The van der Waals surface area contributed by atoms with E-state index in [1.807, 2.05) is 0 Å². The van der Waals surface area contributed by atoms with E-state index in [2.05, 4.69) is 5.32 Å². The van der Waals surface area contributed by atoms with Crippen molar-refractivity contribution in [2.24, 2.45) is 0 Å². The molecule has 6 atom stereocenters. The van der Waals surface area contributed by atoms with Gasteiger partial charge in [0, 0.05) is 12.6 Å². The molecule has 180 valence electrons.